The van der Waals surface area contributed by atoms with E-state index in [9.17, 15) is 14.4 Å². The molecule has 2 atom stereocenters. The lowest BCUT2D eigenvalue weighted by atomic mass is 10.2. The third-order valence-corrected chi connectivity index (χ3v) is 5.85. The third kappa shape index (κ3) is 5.58. The molecular weight excluding hydrogens is 478 g/mol. The molecule has 3 aromatic heterocycles. The summed E-state index contributed by atoms with van der Waals surface area (Å²) >= 11 is 0. The van der Waals surface area contributed by atoms with E-state index in [-0.39, 0.29) is 46.7 Å². The van der Waals surface area contributed by atoms with Crippen molar-refractivity contribution in [2.24, 2.45) is 0 Å². The van der Waals surface area contributed by atoms with Crippen LogP contribution in [-0.2, 0) is 9.47 Å². The van der Waals surface area contributed by atoms with Crippen LogP contribution in [0.5, 0.6) is 0 Å². The first-order chi connectivity index (χ1) is 17.4. The summed E-state index contributed by atoms with van der Waals surface area (Å²) in [7, 11) is 3.14. The molecule has 0 unspecified atom stereocenters. The van der Waals surface area contributed by atoms with Crippen molar-refractivity contribution >= 4 is 35.0 Å². The van der Waals surface area contributed by atoms with E-state index in [0.29, 0.717) is 11.5 Å². The van der Waals surface area contributed by atoms with Gasteiger partial charge in [-0.2, -0.15) is 9.61 Å². The van der Waals surface area contributed by atoms with Crippen LogP contribution in [0.2, 0.25) is 0 Å². The molecule has 0 spiro atoms. The third-order valence-electron chi connectivity index (χ3n) is 5.85. The molecule has 0 aliphatic heterocycles. The highest BCUT2D eigenvalue weighted by atomic mass is 16.6. The van der Waals surface area contributed by atoms with Gasteiger partial charge in [0.2, 0.25) is 0 Å². The first-order valence-electron chi connectivity index (χ1n) is 12.1. The fraction of sp³-hybridized carbons (Fsp3) is 0.480. The summed E-state index contributed by atoms with van der Waals surface area (Å²) in [4.78, 5) is 44.8. The molecule has 3 aromatic rings. The van der Waals surface area contributed by atoms with Crippen LogP contribution in [-0.4, -0.2) is 63.1 Å². The molecule has 1 saturated carbocycles. The Morgan fingerprint density at radius 1 is 1.27 bits per heavy atom. The summed E-state index contributed by atoms with van der Waals surface area (Å²) < 4.78 is 13.8. The Bertz CT molecular complexity index is 1390. The van der Waals surface area contributed by atoms with Crippen LogP contribution in [0, 0.1) is 0 Å². The van der Waals surface area contributed by atoms with Crippen molar-refractivity contribution in [3.05, 3.63) is 46.5 Å². The van der Waals surface area contributed by atoms with Gasteiger partial charge in [-0.25, -0.2) is 9.78 Å². The number of hydrogen-bond donors (Lipinski definition) is 2. The summed E-state index contributed by atoms with van der Waals surface area (Å²) in [6.45, 7) is 9.13. The lowest BCUT2D eigenvalue weighted by Crippen LogP contribution is -2.35. The number of carbonyl (C=O) groups excluding carboxylic acids is 2. The molecule has 1 aliphatic carbocycles. The van der Waals surface area contributed by atoms with E-state index in [1.807, 2.05) is 13.8 Å². The maximum absolute atomic E-state index is 13.0. The number of ether oxygens (including phenoxy) is 2. The fourth-order valence-electron chi connectivity index (χ4n) is 3.81. The molecule has 12 heteroatoms. The highest BCUT2D eigenvalue weighted by Gasteiger charge is 2.39. The first kappa shape index (κ1) is 26.1. The number of fused-ring (bicyclic) bond motifs is 1. The van der Waals surface area contributed by atoms with Crippen molar-refractivity contribution in [2.75, 3.05) is 24.4 Å². The zero-order valence-corrected chi connectivity index (χ0v) is 22.1. The predicted molar refractivity (Wildman–Crippen MR) is 139 cm³/mol. The van der Waals surface area contributed by atoms with E-state index in [0.717, 1.165) is 6.42 Å². The lowest BCUT2D eigenvalue weighted by Gasteiger charge is -2.25. The van der Waals surface area contributed by atoms with Crippen LogP contribution in [0.3, 0.4) is 0 Å². The monoisotopic (exact) mass is 511 g/mol. The summed E-state index contributed by atoms with van der Waals surface area (Å²) in [5, 5.41) is 10.3. The number of anilines is 3. The quantitative estimate of drug-likeness (QED) is 0.495. The zero-order chi connectivity index (χ0) is 27.1. The number of amides is 2. The average Bonchev–Trinajstić information content (AvgIpc) is 3.43. The van der Waals surface area contributed by atoms with Crippen LogP contribution in [0.15, 0.2) is 35.4 Å². The predicted octanol–water partition coefficient (Wildman–Crippen LogP) is 3.10. The number of carbonyl (C=O) groups is 2. The molecule has 1 fully saturated rings. The van der Waals surface area contributed by atoms with Crippen molar-refractivity contribution in [3.63, 3.8) is 0 Å². The molecule has 0 radical (unpaired) electrons. The molecule has 0 saturated heterocycles. The van der Waals surface area contributed by atoms with Gasteiger partial charge in [0.25, 0.3) is 11.5 Å². The molecule has 0 bridgehead atoms. The minimum atomic E-state index is -0.720. The Morgan fingerprint density at radius 3 is 2.62 bits per heavy atom. The largest absolute Gasteiger partial charge is 0.443 e. The average molecular weight is 512 g/mol. The number of aromatic nitrogens is 4. The minimum absolute atomic E-state index is 0.0222. The molecule has 12 nitrogen and oxygen atoms in total. The van der Waals surface area contributed by atoms with Crippen LogP contribution >= 0.6 is 0 Å². The zero-order valence-electron chi connectivity index (χ0n) is 22.1. The number of pyridine rings is 1. The van der Waals surface area contributed by atoms with Gasteiger partial charge >= 0.3 is 6.09 Å². The second-order valence-corrected chi connectivity index (χ2v) is 10.3. The summed E-state index contributed by atoms with van der Waals surface area (Å²) in [6.07, 6.45) is 3.19. The van der Waals surface area contributed by atoms with E-state index in [2.05, 4.69) is 20.7 Å². The first-order valence-corrected chi connectivity index (χ1v) is 12.1. The van der Waals surface area contributed by atoms with Crippen molar-refractivity contribution < 1.29 is 19.1 Å². The summed E-state index contributed by atoms with van der Waals surface area (Å²) in [5.41, 5.74) is -0.223. The molecule has 37 heavy (non-hydrogen) atoms. The number of rotatable bonds is 7. The van der Waals surface area contributed by atoms with Gasteiger partial charge in [0, 0.05) is 32.5 Å². The molecule has 2 N–H and O–H groups in total. The Labute approximate surface area is 214 Å². The van der Waals surface area contributed by atoms with Crippen molar-refractivity contribution in [1.82, 2.24) is 24.5 Å². The standard InChI is InChI=1S/C25H33N7O5/c1-14(2)31-10-8-9-16(23(31)34)27-19-12-20(30(6)24(35)37-25(3,4)5)32-21(29-19)15(13-26-32)22(33)28-17-11-18(17)36-7/h8-10,12-14,17-18H,11H2,1-7H3,(H,27,29)(H,28,33)/t17-,18-/m0/s1. The van der Waals surface area contributed by atoms with Crippen molar-refractivity contribution in [3.8, 4) is 0 Å². The Hall–Kier alpha value is -3.93. The second kappa shape index (κ2) is 9.85. The van der Waals surface area contributed by atoms with Crippen LogP contribution in [0.1, 0.15) is 57.4 Å². The van der Waals surface area contributed by atoms with Gasteiger partial charge < -0.3 is 24.7 Å². The smallest absolute Gasteiger partial charge is 0.415 e. The Morgan fingerprint density at radius 2 is 2.00 bits per heavy atom. The maximum atomic E-state index is 13.0. The van der Waals surface area contributed by atoms with Gasteiger partial charge in [-0.05, 0) is 53.2 Å². The maximum Gasteiger partial charge on any atom is 0.415 e. The van der Waals surface area contributed by atoms with Crippen molar-refractivity contribution in [1.29, 1.82) is 0 Å². The fourth-order valence-corrected chi connectivity index (χ4v) is 3.81. The topological polar surface area (TPSA) is 132 Å². The number of nitrogens with zero attached hydrogens (tertiary/aromatic N) is 5. The van der Waals surface area contributed by atoms with Gasteiger partial charge in [0.1, 0.15) is 28.5 Å². The lowest BCUT2D eigenvalue weighted by molar-refractivity contribution is 0.0587. The van der Waals surface area contributed by atoms with E-state index in [1.165, 1.54) is 22.7 Å². The number of methoxy groups -OCH3 is 1. The van der Waals surface area contributed by atoms with Gasteiger partial charge in [0.15, 0.2) is 5.65 Å². The highest BCUT2D eigenvalue weighted by Crippen LogP contribution is 2.27. The molecule has 3 heterocycles. The minimum Gasteiger partial charge on any atom is -0.443 e. The van der Waals surface area contributed by atoms with Crippen LogP contribution in [0.25, 0.3) is 5.65 Å². The Balaban J connectivity index is 1.77. The highest BCUT2D eigenvalue weighted by molar-refractivity contribution is 6.01. The SMILES string of the molecule is CO[C@H]1C[C@@H]1NC(=O)c1cnn2c(N(C)C(=O)OC(C)(C)C)cc(Nc3cccn(C(C)C)c3=O)nc12. The van der Waals surface area contributed by atoms with Crippen LogP contribution < -0.4 is 21.1 Å². The molecule has 1 aliphatic rings. The molecule has 198 valence electrons. The van der Waals surface area contributed by atoms with Gasteiger partial charge in [-0.15, -0.1) is 0 Å². The van der Waals surface area contributed by atoms with Gasteiger partial charge in [0.05, 0.1) is 18.3 Å². The molecule has 2 amide bonds. The van der Waals surface area contributed by atoms with E-state index in [4.69, 9.17) is 9.47 Å². The van der Waals surface area contributed by atoms with Crippen LogP contribution in [0.4, 0.5) is 22.1 Å². The van der Waals surface area contributed by atoms with E-state index < -0.39 is 11.7 Å². The summed E-state index contributed by atoms with van der Waals surface area (Å²) in [5.74, 6) is 0.186. The normalized spacial score (nSPS) is 17.1. The molecule has 4 rings (SSSR count). The van der Waals surface area contributed by atoms with Gasteiger partial charge in [-0.3, -0.25) is 14.5 Å². The van der Waals surface area contributed by atoms with Gasteiger partial charge in [-0.1, -0.05) is 0 Å². The second-order valence-electron chi connectivity index (χ2n) is 10.3. The number of hydrogen-bond acceptors (Lipinski definition) is 8. The molecular formula is C25H33N7O5. The Kier molecular flexibility index (Phi) is 6.96. The van der Waals surface area contributed by atoms with E-state index >= 15 is 0 Å². The number of nitrogens with one attached hydrogen (secondary N) is 2. The molecule has 0 aromatic carbocycles. The summed E-state index contributed by atoms with van der Waals surface area (Å²) in [6, 6.07) is 4.85. The van der Waals surface area contributed by atoms with Crippen molar-refractivity contribution in [2.45, 2.75) is 64.8 Å². The van der Waals surface area contributed by atoms with E-state index in [1.54, 1.807) is 56.8 Å².